The molecule has 0 saturated carbocycles. The number of rotatable bonds is 4. The summed E-state index contributed by atoms with van der Waals surface area (Å²) in [6.07, 6.45) is 6.64. The Morgan fingerprint density at radius 2 is 2.20 bits per heavy atom. The maximum absolute atomic E-state index is 3.74. The van der Waals surface area contributed by atoms with E-state index in [1.54, 1.807) is 0 Å². The van der Waals surface area contributed by atoms with Crippen molar-refractivity contribution in [2.24, 2.45) is 5.92 Å². The van der Waals surface area contributed by atoms with Gasteiger partial charge in [-0.1, -0.05) is 24.6 Å². The Balaban J connectivity index is 3.44. The fourth-order valence-corrected chi connectivity index (χ4v) is 0.718. The van der Waals surface area contributed by atoms with Crippen molar-refractivity contribution in [1.82, 2.24) is 0 Å². The lowest BCUT2D eigenvalue weighted by Crippen LogP contribution is -1.88. The molecule has 10 heavy (non-hydrogen) atoms. The lowest BCUT2D eigenvalue weighted by Gasteiger charge is -2.04. The lowest BCUT2D eigenvalue weighted by molar-refractivity contribution is 0.645. The molecule has 0 aliphatic heterocycles. The molecule has 0 radical (unpaired) electrons. The summed E-state index contributed by atoms with van der Waals surface area (Å²) >= 11 is 0. The number of allylic oxidation sites excluding steroid dienone is 3. The fourth-order valence-electron chi connectivity index (χ4n) is 0.718. The van der Waals surface area contributed by atoms with Gasteiger partial charge in [0.05, 0.1) is 0 Å². The van der Waals surface area contributed by atoms with E-state index in [-0.39, 0.29) is 0 Å². The van der Waals surface area contributed by atoms with Crippen molar-refractivity contribution in [3.63, 3.8) is 0 Å². The predicted octanol–water partition coefficient (Wildman–Crippen LogP) is 3.55. The van der Waals surface area contributed by atoms with Gasteiger partial charge in [0, 0.05) is 0 Å². The zero-order valence-corrected chi connectivity index (χ0v) is 7.35. The minimum atomic E-state index is 0.662. The van der Waals surface area contributed by atoms with E-state index in [4.69, 9.17) is 0 Å². The first-order valence-electron chi connectivity index (χ1n) is 3.95. The summed E-state index contributed by atoms with van der Waals surface area (Å²) in [4.78, 5) is 0. The van der Waals surface area contributed by atoms with Crippen LogP contribution in [0.25, 0.3) is 0 Å². The highest BCUT2D eigenvalue weighted by atomic mass is 14.0. The highest BCUT2D eigenvalue weighted by molar-refractivity contribution is 4.96. The molecule has 0 aromatic heterocycles. The Hall–Kier alpha value is -0.520. The minimum absolute atomic E-state index is 0.662. The molecule has 0 fully saturated rings. The summed E-state index contributed by atoms with van der Waals surface area (Å²) in [6, 6.07) is 0. The molecule has 1 atom stereocenters. The molecule has 0 nitrogen and oxygen atoms in total. The van der Waals surface area contributed by atoms with E-state index in [1.807, 2.05) is 6.08 Å². The van der Waals surface area contributed by atoms with Gasteiger partial charge in [-0.25, -0.2) is 0 Å². The molecule has 0 aliphatic rings. The van der Waals surface area contributed by atoms with Gasteiger partial charge in [-0.2, -0.15) is 0 Å². The van der Waals surface area contributed by atoms with Crippen molar-refractivity contribution in [2.75, 3.05) is 0 Å². The Morgan fingerprint density at radius 3 is 2.60 bits per heavy atom. The summed E-state index contributed by atoms with van der Waals surface area (Å²) in [5.74, 6) is 0.662. The van der Waals surface area contributed by atoms with Crippen molar-refractivity contribution >= 4 is 0 Å². The van der Waals surface area contributed by atoms with Crippen LogP contribution in [0, 0.1) is 5.92 Å². The van der Waals surface area contributed by atoms with Crippen LogP contribution in [-0.4, -0.2) is 0 Å². The molecule has 0 spiro atoms. The fraction of sp³-hybridized carbons (Fsp3) is 0.600. The largest absolute Gasteiger partial charge is 0.103 e. The van der Waals surface area contributed by atoms with Gasteiger partial charge in [0.15, 0.2) is 0 Å². The second-order valence-corrected chi connectivity index (χ2v) is 2.89. The van der Waals surface area contributed by atoms with E-state index in [9.17, 15) is 0 Å². The first-order chi connectivity index (χ1) is 4.70. The van der Waals surface area contributed by atoms with E-state index in [1.165, 1.54) is 18.4 Å². The van der Waals surface area contributed by atoms with Gasteiger partial charge in [0.1, 0.15) is 0 Å². The first-order valence-corrected chi connectivity index (χ1v) is 3.95. The quantitative estimate of drug-likeness (QED) is 0.521. The van der Waals surface area contributed by atoms with Crippen molar-refractivity contribution in [3.05, 3.63) is 24.3 Å². The second-order valence-electron chi connectivity index (χ2n) is 2.89. The van der Waals surface area contributed by atoms with Gasteiger partial charge in [0.25, 0.3) is 0 Å². The normalized spacial score (nSPS) is 14.9. The standard InChI is InChI=1S/C10H18/c1-5-9(3)7-8-10(4)6-2/h5-6,9H,1,7-8H2,2-4H3/b10-6+. The second kappa shape index (κ2) is 5.28. The molecule has 0 saturated heterocycles. The molecule has 0 aromatic rings. The van der Waals surface area contributed by atoms with Crippen LogP contribution in [-0.2, 0) is 0 Å². The molecule has 58 valence electrons. The minimum Gasteiger partial charge on any atom is -0.103 e. The molecule has 0 bridgehead atoms. The van der Waals surface area contributed by atoms with Gasteiger partial charge < -0.3 is 0 Å². The van der Waals surface area contributed by atoms with Crippen molar-refractivity contribution in [3.8, 4) is 0 Å². The molecule has 0 heteroatoms. The van der Waals surface area contributed by atoms with E-state index >= 15 is 0 Å². The molecular formula is C10H18. The van der Waals surface area contributed by atoms with Crippen LogP contribution in [0.2, 0.25) is 0 Å². The number of hydrogen-bond acceptors (Lipinski definition) is 0. The van der Waals surface area contributed by atoms with Crippen molar-refractivity contribution < 1.29 is 0 Å². The third kappa shape index (κ3) is 4.37. The van der Waals surface area contributed by atoms with Crippen LogP contribution in [0.4, 0.5) is 0 Å². The van der Waals surface area contributed by atoms with E-state index in [0.29, 0.717) is 5.92 Å². The molecule has 0 aliphatic carbocycles. The lowest BCUT2D eigenvalue weighted by atomic mass is 10.0. The summed E-state index contributed by atoms with van der Waals surface area (Å²) in [6.45, 7) is 10.2. The van der Waals surface area contributed by atoms with Crippen LogP contribution in [0.3, 0.4) is 0 Å². The molecule has 0 rings (SSSR count). The van der Waals surface area contributed by atoms with Gasteiger partial charge in [-0.3, -0.25) is 0 Å². The third-order valence-corrected chi connectivity index (χ3v) is 1.89. The average molecular weight is 138 g/mol. The Bertz CT molecular complexity index is 120. The smallest absolute Gasteiger partial charge is 0.0262 e. The van der Waals surface area contributed by atoms with Crippen LogP contribution >= 0.6 is 0 Å². The van der Waals surface area contributed by atoms with E-state index in [0.717, 1.165) is 0 Å². The van der Waals surface area contributed by atoms with Crippen LogP contribution in [0.15, 0.2) is 24.3 Å². The highest BCUT2D eigenvalue weighted by Gasteiger charge is 1.95. The Labute approximate surface area is 64.6 Å². The van der Waals surface area contributed by atoms with Crippen LogP contribution in [0.5, 0.6) is 0 Å². The molecule has 1 unspecified atom stereocenters. The Morgan fingerprint density at radius 1 is 1.60 bits per heavy atom. The average Bonchev–Trinajstić information content (AvgIpc) is 1.99. The highest BCUT2D eigenvalue weighted by Crippen LogP contribution is 2.11. The summed E-state index contributed by atoms with van der Waals surface area (Å²) in [5.41, 5.74) is 1.48. The van der Waals surface area contributed by atoms with Crippen molar-refractivity contribution in [1.29, 1.82) is 0 Å². The monoisotopic (exact) mass is 138 g/mol. The molecule has 0 N–H and O–H groups in total. The van der Waals surface area contributed by atoms with E-state index < -0.39 is 0 Å². The molecular weight excluding hydrogens is 120 g/mol. The van der Waals surface area contributed by atoms with Crippen molar-refractivity contribution in [2.45, 2.75) is 33.6 Å². The van der Waals surface area contributed by atoms with Gasteiger partial charge >= 0.3 is 0 Å². The summed E-state index contributed by atoms with van der Waals surface area (Å²) in [5, 5.41) is 0. The first kappa shape index (κ1) is 9.48. The third-order valence-electron chi connectivity index (χ3n) is 1.89. The SMILES string of the molecule is C=CC(C)CC/C(C)=C/C. The van der Waals surface area contributed by atoms with Gasteiger partial charge in [-0.15, -0.1) is 6.58 Å². The number of hydrogen-bond donors (Lipinski definition) is 0. The maximum atomic E-state index is 3.74. The zero-order valence-electron chi connectivity index (χ0n) is 7.35. The van der Waals surface area contributed by atoms with Gasteiger partial charge in [-0.05, 0) is 32.6 Å². The van der Waals surface area contributed by atoms with Gasteiger partial charge in [0.2, 0.25) is 0 Å². The zero-order chi connectivity index (χ0) is 7.98. The van der Waals surface area contributed by atoms with E-state index in [2.05, 4.69) is 33.4 Å². The van der Waals surface area contributed by atoms with Crippen LogP contribution in [0.1, 0.15) is 33.6 Å². The molecule has 0 heterocycles. The topological polar surface area (TPSA) is 0 Å². The predicted molar refractivity (Wildman–Crippen MR) is 48.0 cm³/mol. The summed E-state index contributed by atoms with van der Waals surface area (Å²) in [7, 11) is 0. The molecule has 0 amide bonds. The Kier molecular flexibility index (Phi) is 5.00. The summed E-state index contributed by atoms with van der Waals surface area (Å²) < 4.78 is 0. The molecule has 0 aromatic carbocycles. The van der Waals surface area contributed by atoms with Crippen LogP contribution < -0.4 is 0 Å². The maximum Gasteiger partial charge on any atom is -0.0262 e.